The largest absolute Gasteiger partial charge is 0.508 e. The van der Waals surface area contributed by atoms with Gasteiger partial charge in [-0.3, -0.25) is 4.98 Å². The van der Waals surface area contributed by atoms with Gasteiger partial charge in [0.1, 0.15) is 5.75 Å². The SMILES string of the molecule is Cc1c(O)cccc1-c1cccnc1. The highest BCUT2D eigenvalue weighted by atomic mass is 16.3. The van der Waals surface area contributed by atoms with Crippen LogP contribution in [0.25, 0.3) is 11.1 Å². The maximum atomic E-state index is 9.54. The summed E-state index contributed by atoms with van der Waals surface area (Å²) >= 11 is 0. The first-order valence-electron chi connectivity index (χ1n) is 4.48. The fourth-order valence-corrected chi connectivity index (χ4v) is 1.46. The Balaban J connectivity index is 2.58. The number of aromatic nitrogens is 1. The molecule has 0 aliphatic heterocycles. The fraction of sp³-hybridized carbons (Fsp3) is 0.0833. The lowest BCUT2D eigenvalue weighted by Crippen LogP contribution is -1.84. The molecule has 2 nitrogen and oxygen atoms in total. The molecule has 70 valence electrons. The molecule has 2 heteroatoms. The standard InChI is InChI=1S/C12H11NO/c1-9-11(5-2-6-12(9)14)10-4-3-7-13-8-10/h2-8,14H,1H3. The van der Waals surface area contributed by atoms with Crippen LogP contribution in [-0.4, -0.2) is 10.1 Å². The number of nitrogens with zero attached hydrogens (tertiary/aromatic N) is 1. The van der Waals surface area contributed by atoms with Gasteiger partial charge in [0.25, 0.3) is 0 Å². The van der Waals surface area contributed by atoms with Crippen LogP contribution in [0.3, 0.4) is 0 Å². The highest BCUT2D eigenvalue weighted by Gasteiger charge is 2.03. The second kappa shape index (κ2) is 3.50. The molecule has 0 amide bonds. The third-order valence-corrected chi connectivity index (χ3v) is 2.28. The van der Waals surface area contributed by atoms with Crippen LogP contribution >= 0.6 is 0 Å². The van der Waals surface area contributed by atoms with Crippen molar-refractivity contribution in [2.75, 3.05) is 0 Å². The highest BCUT2D eigenvalue weighted by molar-refractivity contribution is 5.68. The Labute approximate surface area is 82.9 Å². The van der Waals surface area contributed by atoms with Crippen LogP contribution in [0.5, 0.6) is 5.75 Å². The molecular formula is C12H11NO. The zero-order valence-electron chi connectivity index (χ0n) is 7.94. The van der Waals surface area contributed by atoms with Gasteiger partial charge in [-0.25, -0.2) is 0 Å². The van der Waals surface area contributed by atoms with Crippen LogP contribution in [0, 0.1) is 6.92 Å². The van der Waals surface area contributed by atoms with E-state index in [0.717, 1.165) is 16.7 Å². The van der Waals surface area contributed by atoms with E-state index in [9.17, 15) is 5.11 Å². The first kappa shape index (κ1) is 8.75. The molecule has 0 saturated heterocycles. The lowest BCUT2D eigenvalue weighted by atomic mass is 10.0. The number of phenolic OH excluding ortho intramolecular Hbond substituents is 1. The average Bonchev–Trinajstić information content (AvgIpc) is 2.23. The van der Waals surface area contributed by atoms with Crippen molar-refractivity contribution in [3.05, 3.63) is 48.3 Å². The number of benzene rings is 1. The Morgan fingerprint density at radius 1 is 1.14 bits per heavy atom. The van der Waals surface area contributed by atoms with E-state index in [1.54, 1.807) is 18.5 Å². The molecule has 0 fully saturated rings. The van der Waals surface area contributed by atoms with Gasteiger partial charge < -0.3 is 5.11 Å². The molecule has 0 saturated carbocycles. The van der Waals surface area contributed by atoms with Crippen LogP contribution in [-0.2, 0) is 0 Å². The Kier molecular flexibility index (Phi) is 2.19. The van der Waals surface area contributed by atoms with Crippen molar-refractivity contribution in [1.29, 1.82) is 0 Å². The third kappa shape index (κ3) is 1.46. The first-order chi connectivity index (χ1) is 6.79. The van der Waals surface area contributed by atoms with Crippen LogP contribution in [0.2, 0.25) is 0 Å². The summed E-state index contributed by atoms with van der Waals surface area (Å²) in [6.07, 6.45) is 3.53. The molecule has 1 aromatic heterocycles. The minimum absolute atomic E-state index is 0.325. The van der Waals surface area contributed by atoms with E-state index in [1.165, 1.54) is 0 Å². The predicted octanol–water partition coefficient (Wildman–Crippen LogP) is 2.76. The van der Waals surface area contributed by atoms with E-state index in [1.807, 2.05) is 31.2 Å². The Morgan fingerprint density at radius 3 is 2.71 bits per heavy atom. The molecule has 0 unspecified atom stereocenters. The number of pyridine rings is 1. The molecule has 0 atom stereocenters. The Bertz CT molecular complexity index is 437. The second-order valence-corrected chi connectivity index (χ2v) is 3.19. The molecule has 0 aliphatic rings. The van der Waals surface area contributed by atoms with Gasteiger partial charge in [-0.05, 0) is 30.2 Å². The second-order valence-electron chi connectivity index (χ2n) is 3.19. The first-order valence-corrected chi connectivity index (χ1v) is 4.48. The molecule has 1 N–H and O–H groups in total. The van der Waals surface area contributed by atoms with Crippen LogP contribution < -0.4 is 0 Å². The minimum Gasteiger partial charge on any atom is -0.508 e. The number of phenols is 1. The summed E-state index contributed by atoms with van der Waals surface area (Å²) in [5.74, 6) is 0.325. The summed E-state index contributed by atoms with van der Waals surface area (Å²) in [6, 6.07) is 9.37. The average molecular weight is 185 g/mol. The smallest absolute Gasteiger partial charge is 0.119 e. The van der Waals surface area contributed by atoms with Crippen molar-refractivity contribution in [3.63, 3.8) is 0 Å². The Hall–Kier alpha value is -1.83. The van der Waals surface area contributed by atoms with Gasteiger partial charge in [0, 0.05) is 18.0 Å². The summed E-state index contributed by atoms with van der Waals surface area (Å²) in [6.45, 7) is 1.90. The van der Waals surface area contributed by atoms with E-state index in [2.05, 4.69) is 4.98 Å². The number of hydrogen-bond donors (Lipinski definition) is 1. The summed E-state index contributed by atoms with van der Waals surface area (Å²) in [5, 5.41) is 9.54. The zero-order chi connectivity index (χ0) is 9.97. The van der Waals surface area contributed by atoms with Crippen molar-refractivity contribution >= 4 is 0 Å². The molecule has 1 aromatic carbocycles. The molecule has 0 bridgehead atoms. The van der Waals surface area contributed by atoms with Gasteiger partial charge >= 0.3 is 0 Å². The van der Waals surface area contributed by atoms with Crippen molar-refractivity contribution in [3.8, 4) is 16.9 Å². The van der Waals surface area contributed by atoms with Crippen LogP contribution in [0.1, 0.15) is 5.56 Å². The predicted molar refractivity (Wildman–Crippen MR) is 56.1 cm³/mol. The molecule has 0 aliphatic carbocycles. The molecule has 0 radical (unpaired) electrons. The summed E-state index contributed by atoms with van der Waals surface area (Å²) in [5.41, 5.74) is 2.94. The lowest BCUT2D eigenvalue weighted by Gasteiger charge is -2.06. The van der Waals surface area contributed by atoms with E-state index in [0.29, 0.717) is 5.75 Å². The van der Waals surface area contributed by atoms with Crippen molar-refractivity contribution in [2.24, 2.45) is 0 Å². The maximum absolute atomic E-state index is 9.54. The van der Waals surface area contributed by atoms with Gasteiger partial charge in [-0.15, -0.1) is 0 Å². The van der Waals surface area contributed by atoms with Gasteiger partial charge in [0.2, 0.25) is 0 Å². The van der Waals surface area contributed by atoms with Crippen molar-refractivity contribution in [2.45, 2.75) is 6.92 Å². The van der Waals surface area contributed by atoms with Crippen molar-refractivity contribution in [1.82, 2.24) is 4.98 Å². The van der Waals surface area contributed by atoms with Gasteiger partial charge in [-0.1, -0.05) is 18.2 Å². The normalized spacial score (nSPS) is 10.1. The quantitative estimate of drug-likeness (QED) is 0.741. The molecule has 14 heavy (non-hydrogen) atoms. The monoisotopic (exact) mass is 185 g/mol. The molecule has 1 heterocycles. The van der Waals surface area contributed by atoms with Crippen LogP contribution in [0.15, 0.2) is 42.7 Å². The summed E-state index contributed by atoms with van der Waals surface area (Å²) < 4.78 is 0. The van der Waals surface area contributed by atoms with E-state index in [-0.39, 0.29) is 0 Å². The molecule has 0 spiro atoms. The number of hydrogen-bond acceptors (Lipinski definition) is 2. The molecular weight excluding hydrogens is 174 g/mol. The number of rotatable bonds is 1. The van der Waals surface area contributed by atoms with Gasteiger partial charge in [0.05, 0.1) is 0 Å². The van der Waals surface area contributed by atoms with Gasteiger partial charge in [-0.2, -0.15) is 0 Å². The Morgan fingerprint density at radius 2 is 2.00 bits per heavy atom. The van der Waals surface area contributed by atoms with E-state index < -0.39 is 0 Å². The van der Waals surface area contributed by atoms with E-state index in [4.69, 9.17) is 0 Å². The van der Waals surface area contributed by atoms with Gasteiger partial charge in [0.15, 0.2) is 0 Å². The summed E-state index contributed by atoms with van der Waals surface area (Å²) in [7, 11) is 0. The lowest BCUT2D eigenvalue weighted by molar-refractivity contribution is 0.471. The van der Waals surface area contributed by atoms with Crippen LogP contribution in [0.4, 0.5) is 0 Å². The molecule has 2 rings (SSSR count). The minimum atomic E-state index is 0.325. The third-order valence-electron chi connectivity index (χ3n) is 2.28. The highest BCUT2D eigenvalue weighted by Crippen LogP contribution is 2.28. The van der Waals surface area contributed by atoms with Crippen molar-refractivity contribution < 1.29 is 5.11 Å². The number of aromatic hydroxyl groups is 1. The van der Waals surface area contributed by atoms with E-state index >= 15 is 0 Å². The molecule has 2 aromatic rings. The maximum Gasteiger partial charge on any atom is 0.119 e. The fourth-order valence-electron chi connectivity index (χ4n) is 1.46. The topological polar surface area (TPSA) is 33.1 Å². The zero-order valence-corrected chi connectivity index (χ0v) is 7.94. The summed E-state index contributed by atoms with van der Waals surface area (Å²) in [4.78, 5) is 4.05.